The number of rotatable bonds is 64. The predicted octanol–water partition coefficient (Wildman–Crippen LogP) is 21.8. The number of aliphatic hydroxyl groups is 2. The zero-order chi connectivity index (χ0) is 54.3. The van der Waals surface area contributed by atoms with Crippen molar-refractivity contribution in [2.75, 3.05) is 13.2 Å². The van der Waals surface area contributed by atoms with E-state index in [0.717, 1.165) is 51.4 Å². The number of nitrogens with one attached hydrogen (secondary N) is 1. The Balaban J connectivity index is 3.36. The van der Waals surface area contributed by atoms with Crippen LogP contribution in [-0.2, 0) is 14.3 Å². The highest BCUT2D eigenvalue weighted by Crippen LogP contribution is 2.19. The number of hydrogen-bond acceptors (Lipinski definition) is 5. The van der Waals surface area contributed by atoms with Gasteiger partial charge in [0, 0.05) is 12.8 Å². The number of allylic oxidation sites excluding steroid dienone is 4. The SMILES string of the molecule is CCCCCC/C=C\C/C=C\CCCCCCCCCC(=O)OCCCCCCCCCCCCCCCCCCCCCCCCCCC(=O)NC(CO)C(O)CCCCCCCCCCCCCCCCCC. The standard InChI is InChI=1S/C69H133NO5/c1-3-5-7-9-11-13-15-17-19-21-31-35-39-43-47-51-55-59-63-69(74)75-64-60-56-52-48-44-40-36-32-29-27-25-23-22-24-26-28-30-34-38-42-46-50-54-58-62-68(73)70-66(65-71)67(72)61-57-53-49-45-41-37-33-20-18-16-14-12-10-8-6-4-2/h13,15,19,21,66-67,71-72H,3-12,14,16-18,20,22-65H2,1-2H3,(H,70,73)/b15-13-,21-19-. The van der Waals surface area contributed by atoms with Crippen molar-refractivity contribution in [2.45, 2.75) is 392 Å². The van der Waals surface area contributed by atoms with Crippen molar-refractivity contribution in [1.82, 2.24) is 5.32 Å². The average Bonchev–Trinajstić information content (AvgIpc) is 3.41. The normalized spacial score (nSPS) is 12.6. The molecule has 3 N–H and O–H groups in total. The maximum Gasteiger partial charge on any atom is 0.305 e. The average molecular weight is 1060 g/mol. The molecular formula is C69H133NO5. The summed E-state index contributed by atoms with van der Waals surface area (Å²) in [6, 6.07) is -0.540. The van der Waals surface area contributed by atoms with E-state index in [1.807, 2.05) is 0 Å². The predicted molar refractivity (Wildman–Crippen MR) is 329 cm³/mol. The summed E-state index contributed by atoms with van der Waals surface area (Å²) in [6.07, 6.45) is 80.6. The van der Waals surface area contributed by atoms with Crippen LogP contribution in [0.1, 0.15) is 380 Å². The smallest absolute Gasteiger partial charge is 0.305 e. The van der Waals surface area contributed by atoms with Crippen LogP contribution in [0.15, 0.2) is 24.3 Å². The van der Waals surface area contributed by atoms with E-state index in [4.69, 9.17) is 4.74 Å². The summed E-state index contributed by atoms with van der Waals surface area (Å²) in [5.41, 5.74) is 0. The quantitative estimate of drug-likeness (QED) is 0.0320. The molecule has 1 amide bonds. The molecule has 0 fully saturated rings. The van der Waals surface area contributed by atoms with E-state index in [9.17, 15) is 19.8 Å². The lowest BCUT2D eigenvalue weighted by atomic mass is 10.0. The van der Waals surface area contributed by atoms with Crippen LogP contribution in [0.4, 0.5) is 0 Å². The number of amides is 1. The molecule has 444 valence electrons. The van der Waals surface area contributed by atoms with Gasteiger partial charge in [-0.3, -0.25) is 9.59 Å². The van der Waals surface area contributed by atoms with Crippen LogP contribution in [0.3, 0.4) is 0 Å². The topological polar surface area (TPSA) is 95.9 Å². The Hall–Kier alpha value is -1.66. The molecule has 0 aromatic carbocycles. The van der Waals surface area contributed by atoms with Crippen LogP contribution >= 0.6 is 0 Å². The third-order valence-corrected chi connectivity index (χ3v) is 16.0. The number of carbonyl (C=O) groups excluding carboxylic acids is 2. The Bertz CT molecular complexity index is 1170. The Kier molecular flexibility index (Phi) is 63.4. The third kappa shape index (κ3) is 61.4. The fraction of sp³-hybridized carbons (Fsp3) is 0.913. The van der Waals surface area contributed by atoms with Crippen molar-refractivity contribution >= 4 is 11.9 Å². The summed E-state index contributed by atoms with van der Waals surface area (Å²) in [7, 11) is 0. The van der Waals surface area contributed by atoms with Crippen LogP contribution in [0, 0.1) is 0 Å². The second-order valence-corrected chi connectivity index (χ2v) is 23.5. The monoisotopic (exact) mass is 1060 g/mol. The number of ether oxygens (including phenoxy) is 1. The van der Waals surface area contributed by atoms with Gasteiger partial charge in [-0.1, -0.05) is 334 Å². The number of carbonyl (C=O) groups is 2. The van der Waals surface area contributed by atoms with E-state index in [1.165, 1.54) is 295 Å². The van der Waals surface area contributed by atoms with Gasteiger partial charge in [-0.25, -0.2) is 0 Å². The van der Waals surface area contributed by atoms with Gasteiger partial charge >= 0.3 is 5.97 Å². The molecule has 0 aromatic rings. The lowest BCUT2D eigenvalue weighted by Gasteiger charge is -2.22. The highest BCUT2D eigenvalue weighted by molar-refractivity contribution is 5.76. The van der Waals surface area contributed by atoms with Crippen molar-refractivity contribution in [3.63, 3.8) is 0 Å². The molecule has 0 bridgehead atoms. The lowest BCUT2D eigenvalue weighted by Crippen LogP contribution is -2.45. The van der Waals surface area contributed by atoms with Crippen LogP contribution in [0.25, 0.3) is 0 Å². The summed E-state index contributed by atoms with van der Waals surface area (Å²) < 4.78 is 5.50. The van der Waals surface area contributed by atoms with E-state index in [0.29, 0.717) is 25.9 Å². The maximum absolute atomic E-state index is 12.5. The summed E-state index contributed by atoms with van der Waals surface area (Å²) in [5.74, 6) is -0.0220. The first-order chi connectivity index (χ1) is 37.0. The maximum atomic E-state index is 12.5. The van der Waals surface area contributed by atoms with Crippen LogP contribution < -0.4 is 5.32 Å². The molecule has 0 aliphatic heterocycles. The first-order valence-corrected chi connectivity index (χ1v) is 34.1. The molecule has 2 atom stereocenters. The zero-order valence-electron chi connectivity index (χ0n) is 50.8. The Morgan fingerprint density at radius 3 is 1.03 bits per heavy atom. The van der Waals surface area contributed by atoms with Crippen LogP contribution in [-0.4, -0.2) is 47.4 Å². The highest BCUT2D eigenvalue weighted by Gasteiger charge is 2.20. The largest absolute Gasteiger partial charge is 0.466 e. The summed E-state index contributed by atoms with van der Waals surface area (Å²) in [4.78, 5) is 24.6. The van der Waals surface area contributed by atoms with Crippen molar-refractivity contribution in [2.24, 2.45) is 0 Å². The zero-order valence-corrected chi connectivity index (χ0v) is 50.8. The van der Waals surface area contributed by atoms with Gasteiger partial charge in [-0.05, 0) is 57.8 Å². The van der Waals surface area contributed by atoms with E-state index in [-0.39, 0.29) is 18.5 Å². The minimum Gasteiger partial charge on any atom is -0.466 e. The van der Waals surface area contributed by atoms with E-state index < -0.39 is 12.1 Å². The second kappa shape index (κ2) is 64.9. The number of aliphatic hydroxyl groups excluding tert-OH is 2. The lowest BCUT2D eigenvalue weighted by molar-refractivity contribution is -0.143. The Morgan fingerprint density at radius 2 is 0.667 bits per heavy atom. The van der Waals surface area contributed by atoms with E-state index >= 15 is 0 Å². The Morgan fingerprint density at radius 1 is 0.373 bits per heavy atom. The molecule has 0 aliphatic rings. The van der Waals surface area contributed by atoms with Gasteiger partial charge in [-0.2, -0.15) is 0 Å². The summed E-state index contributed by atoms with van der Waals surface area (Å²) >= 11 is 0. The third-order valence-electron chi connectivity index (χ3n) is 16.0. The van der Waals surface area contributed by atoms with Gasteiger partial charge in [-0.15, -0.1) is 0 Å². The molecule has 6 nitrogen and oxygen atoms in total. The second-order valence-electron chi connectivity index (χ2n) is 23.5. The number of hydrogen-bond donors (Lipinski definition) is 3. The molecule has 0 radical (unpaired) electrons. The van der Waals surface area contributed by atoms with Crippen molar-refractivity contribution in [3.8, 4) is 0 Å². The molecule has 0 spiro atoms. The molecule has 0 saturated carbocycles. The molecule has 2 unspecified atom stereocenters. The molecule has 0 aromatic heterocycles. The minimum absolute atomic E-state index is 0.00885. The molecule has 6 heteroatoms. The molecule has 0 saturated heterocycles. The van der Waals surface area contributed by atoms with Crippen molar-refractivity contribution < 1.29 is 24.5 Å². The number of unbranched alkanes of at least 4 members (excludes halogenated alkanes) is 49. The van der Waals surface area contributed by atoms with Crippen molar-refractivity contribution in [3.05, 3.63) is 24.3 Å². The molecular weight excluding hydrogens is 923 g/mol. The molecule has 0 heterocycles. The fourth-order valence-electron chi connectivity index (χ4n) is 10.8. The van der Waals surface area contributed by atoms with Crippen LogP contribution in [0.5, 0.6) is 0 Å². The summed E-state index contributed by atoms with van der Waals surface area (Å²) in [5, 5.41) is 23.3. The summed E-state index contributed by atoms with van der Waals surface area (Å²) in [6.45, 7) is 4.96. The Labute approximate surface area is 469 Å². The van der Waals surface area contributed by atoms with E-state index in [1.54, 1.807) is 0 Å². The van der Waals surface area contributed by atoms with Gasteiger partial charge in [0.05, 0.1) is 25.4 Å². The van der Waals surface area contributed by atoms with Gasteiger partial charge in [0.25, 0.3) is 0 Å². The minimum atomic E-state index is -0.663. The van der Waals surface area contributed by atoms with Gasteiger partial charge in [0.15, 0.2) is 0 Å². The molecule has 75 heavy (non-hydrogen) atoms. The fourth-order valence-corrected chi connectivity index (χ4v) is 10.8. The van der Waals surface area contributed by atoms with Crippen molar-refractivity contribution in [1.29, 1.82) is 0 Å². The molecule has 0 aliphatic carbocycles. The highest BCUT2D eigenvalue weighted by atomic mass is 16.5. The van der Waals surface area contributed by atoms with Gasteiger partial charge in [0.2, 0.25) is 5.91 Å². The van der Waals surface area contributed by atoms with E-state index in [2.05, 4.69) is 43.5 Å². The first kappa shape index (κ1) is 73.3. The van der Waals surface area contributed by atoms with Crippen LogP contribution in [0.2, 0.25) is 0 Å². The van der Waals surface area contributed by atoms with Gasteiger partial charge in [0.1, 0.15) is 0 Å². The first-order valence-electron chi connectivity index (χ1n) is 34.1. The number of esters is 1. The molecule has 0 rings (SSSR count). The van der Waals surface area contributed by atoms with Gasteiger partial charge < -0.3 is 20.3 Å².